The Kier molecular flexibility index (Phi) is 3.71. The summed E-state index contributed by atoms with van der Waals surface area (Å²) in [7, 11) is 0. The Balaban J connectivity index is 2.60. The van der Waals surface area contributed by atoms with Gasteiger partial charge in [-0.15, -0.1) is 0 Å². The van der Waals surface area contributed by atoms with Crippen molar-refractivity contribution in [1.82, 2.24) is 4.90 Å². The zero-order valence-electron chi connectivity index (χ0n) is 8.79. The first-order valence-electron chi connectivity index (χ1n) is 5.19. The first-order chi connectivity index (χ1) is 6.12. The maximum absolute atomic E-state index is 9.22. The molecule has 1 atom stereocenters. The molecule has 0 amide bonds. The molecule has 0 aliphatic carbocycles. The third-order valence-corrected chi connectivity index (χ3v) is 3.43. The van der Waals surface area contributed by atoms with Gasteiger partial charge < -0.3 is 10.8 Å². The van der Waals surface area contributed by atoms with Gasteiger partial charge in [-0.2, -0.15) is 0 Å². The van der Waals surface area contributed by atoms with Gasteiger partial charge in [0.2, 0.25) is 0 Å². The quantitative estimate of drug-likeness (QED) is 0.669. The summed E-state index contributed by atoms with van der Waals surface area (Å²) in [6.07, 6.45) is 2.57. The number of nitrogens with zero attached hydrogens (tertiary/aromatic N) is 1. The fourth-order valence-corrected chi connectivity index (χ4v) is 2.14. The molecule has 0 unspecified atom stereocenters. The molecule has 1 aliphatic heterocycles. The second-order valence-electron chi connectivity index (χ2n) is 4.46. The summed E-state index contributed by atoms with van der Waals surface area (Å²) in [5.74, 6) is 0.200. The molecule has 0 saturated carbocycles. The lowest BCUT2D eigenvalue weighted by Crippen LogP contribution is -2.51. The van der Waals surface area contributed by atoms with Crippen LogP contribution in [0.2, 0.25) is 0 Å². The van der Waals surface area contributed by atoms with Gasteiger partial charge in [0.1, 0.15) is 0 Å². The van der Waals surface area contributed by atoms with E-state index in [1.54, 1.807) is 0 Å². The van der Waals surface area contributed by atoms with E-state index in [4.69, 9.17) is 5.73 Å². The van der Waals surface area contributed by atoms with E-state index in [0.717, 1.165) is 13.1 Å². The van der Waals surface area contributed by atoms with Gasteiger partial charge in [-0.3, -0.25) is 4.90 Å². The predicted molar refractivity (Wildman–Crippen MR) is 54.5 cm³/mol. The summed E-state index contributed by atoms with van der Waals surface area (Å²) in [6.45, 7) is 7.45. The number of likely N-dealkylation sites (tertiary alicyclic amines) is 1. The molecule has 13 heavy (non-hydrogen) atoms. The van der Waals surface area contributed by atoms with Gasteiger partial charge in [-0.1, -0.05) is 0 Å². The van der Waals surface area contributed by atoms with E-state index in [1.807, 2.05) is 0 Å². The van der Waals surface area contributed by atoms with Gasteiger partial charge in [-0.05, 0) is 46.3 Å². The molecule has 1 heterocycles. The second kappa shape index (κ2) is 4.40. The summed E-state index contributed by atoms with van der Waals surface area (Å²) in [4.78, 5) is 2.45. The van der Waals surface area contributed by atoms with Gasteiger partial charge in [0.15, 0.2) is 0 Å². The molecule has 0 aromatic carbocycles. The van der Waals surface area contributed by atoms with Crippen molar-refractivity contribution in [3.05, 3.63) is 0 Å². The molecule has 0 radical (unpaired) electrons. The van der Waals surface area contributed by atoms with Crippen LogP contribution < -0.4 is 5.73 Å². The van der Waals surface area contributed by atoms with E-state index in [2.05, 4.69) is 18.7 Å². The smallest absolute Gasteiger partial charge is 0.0488 e. The summed E-state index contributed by atoms with van der Waals surface area (Å²) < 4.78 is 0. The third-order valence-electron chi connectivity index (χ3n) is 3.43. The topological polar surface area (TPSA) is 49.5 Å². The maximum Gasteiger partial charge on any atom is 0.0488 e. The highest BCUT2D eigenvalue weighted by Crippen LogP contribution is 2.27. The van der Waals surface area contributed by atoms with Crippen LogP contribution >= 0.6 is 0 Å². The first-order valence-corrected chi connectivity index (χ1v) is 5.19. The number of aliphatic hydroxyl groups excluding tert-OH is 1. The van der Waals surface area contributed by atoms with Gasteiger partial charge in [-0.25, -0.2) is 0 Å². The highest BCUT2D eigenvalue weighted by molar-refractivity contribution is 4.90. The normalized spacial score (nSPS) is 22.2. The van der Waals surface area contributed by atoms with Crippen LogP contribution in [0.5, 0.6) is 0 Å². The monoisotopic (exact) mass is 186 g/mol. The van der Waals surface area contributed by atoms with Crippen molar-refractivity contribution in [3.8, 4) is 0 Å². The number of hydrogen-bond donors (Lipinski definition) is 2. The minimum Gasteiger partial charge on any atom is -0.396 e. The van der Waals surface area contributed by atoms with Crippen LogP contribution in [-0.4, -0.2) is 41.8 Å². The van der Waals surface area contributed by atoms with Crippen LogP contribution in [0, 0.1) is 5.92 Å². The molecule has 1 aliphatic rings. The van der Waals surface area contributed by atoms with Crippen LogP contribution in [0.4, 0.5) is 0 Å². The van der Waals surface area contributed by atoms with E-state index in [0.29, 0.717) is 6.54 Å². The lowest BCUT2D eigenvalue weighted by Gasteiger charge is -2.41. The van der Waals surface area contributed by atoms with E-state index < -0.39 is 0 Å². The zero-order valence-corrected chi connectivity index (χ0v) is 8.79. The summed E-state index contributed by atoms with van der Waals surface area (Å²) in [6, 6.07) is 0. The molecule has 0 aromatic rings. The minimum absolute atomic E-state index is 0.0556. The van der Waals surface area contributed by atoms with E-state index in [-0.39, 0.29) is 18.1 Å². The fourth-order valence-electron chi connectivity index (χ4n) is 2.14. The molecule has 0 bridgehead atoms. The van der Waals surface area contributed by atoms with Crippen molar-refractivity contribution in [2.24, 2.45) is 11.7 Å². The van der Waals surface area contributed by atoms with Gasteiger partial charge in [0.05, 0.1) is 0 Å². The summed E-state index contributed by atoms with van der Waals surface area (Å²) in [5, 5.41) is 9.22. The van der Waals surface area contributed by atoms with Gasteiger partial charge >= 0.3 is 0 Å². The molecule has 3 N–H and O–H groups in total. The van der Waals surface area contributed by atoms with E-state index in [9.17, 15) is 5.11 Å². The Bertz CT molecular complexity index is 145. The number of rotatable bonds is 4. The Labute approximate surface area is 80.9 Å². The second-order valence-corrected chi connectivity index (χ2v) is 4.46. The zero-order chi connectivity index (χ0) is 9.90. The number of nitrogens with two attached hydrogens (primary N) is 1. The molecule has 0 spiro atoms. The van der Waals surface area contributed by atoms with Crippen molar-refractivity contribution < 1.29 is 5.11 Å². The summed E-state index contributed by atoms with van der Waals surface area (Å²) in [5.41, 5.74) is 5.71. The maximum atomic E-state index is 9.22. The van der Waals surface area contributed by atoms with Gasteiger partial charge in [0.25, 0.3) is 0 Å². The molecule has 1 fully saturated rings. The molecular weight excluding hydrogens is 164 g/mol. The number of aliphatic hydroxyl groups is 1. The van der Waals surface area contributed by atoms with Crippen LogP contribution in [0.25, 0.3) is 0 Å². The lowest BCUT2D eigenvalue weighted by atomic mass is 9.86. The lowest BCUT2D eigenvalue weighted by molar-refractivity contribution is 0.0539. The van der Waals surface area contributed by atoms with Crippen molar-refractivity contribution in [2.75, 3.05) is 26.2 Å². The first kappa shape index (κ1) is 11.0. The minimum atomic E-state index is 0.0556. The summed E-state index contributed by atoms with van der Waals surface area (Å²) >= 11 is 0. The van der Waals surface area contributed by atoms with E-state index >= 15 is 0 Å². The molecule has 3 heteroatoms. The molecule has 1 saturated heterocycles. The third kappa shape index (κ3) is 2.22. The average Bonchev–Trinajstić information content (AvgIpc) is 2.58. The van der Waals surface area contributed by atoms with Crippen LogP contribution in [0.3, 0.4) is 0 Å². The van der Waals surface area contributed by atoms with Gasteiger partial charge in [0, 0.05) is 18.1 Å². The van der Waals surface area contributed by atoms with Crippen molar-refractivity contribution in [3.63, 3.8) is 0 Å². The van der Waals surface area contributed by atoms with Crippen LogP contribution in [0.15, 0.2) is 0 Å². The predicted octanol–water partition coefficient (Wildman–Crippen LogP) is 0.428. The number of hydrogen-bond acceptors (Lipinski definition) is 3. The fraction of sp³-hybridized carbons (Fsp3) is 1.00. The van der Waals surface area contributed by atoms with Crippen LogP contribution in [0.1, 0.15) is 26.7 Å². The molecule has 1 rings (SSSR count). The Morgan fingerprint density at radius 1 is 1.38 bits per heavy atom. The highest BCUT2D eigenvalue weighted by Gasteiger charge is 2.35. The highest BCUT2D eigenvalue weighted by atomic mass is 16.3. The van der Waals surface area contributed by atoms with Crippen molar-refractivity contribution in [2.45, 2.75) is 32.2 Å². The molecule has 3 nitrogen and oxygen atoms in total. The largest absolute Gasteiger partial charge is 0.396 e. The van der Waals surface area contributed by atoms with E-state index in [1.165, 1.54) is 12.8 Å². The molecule has 0 aromatic heterocycles. The van der Waals surface area contributed by atoms with Crippen molar-refractivity contribution >= 4 is 0 Å². The molecular formula is C10H22N2O. The Hall–Kier alpha value is -0.120. The molecule has 78 valence electrons. The average molecular weight is 186 g/mol. The SMILES string of the molecule is CC(C)([C@H](CN)CO)N1CCCC1. The standard InChI is InChI=1S/C10H22N2O/c1-10(2,9(7-11)8-13)12-5-3-4-6-12/h9,13H,3-8,11H2,1-2H3/t9-/m1/s1. The Morgan fingerprint density at radius 2 is 1.92 bits per heavy atom. The van der Waals surface area contributed by atoms with Crippen LogP contribution in [-0.2, 0) is 0 Å². The Morgan fingerprint density at radius 3 is 2.31 bits per heavy atom. The van der Waals surface area contributed by atoms with Crippen molar-refractivity contribution in [1.29, 1.82) is 0 Å².